The summed E-state index contributed by atoms with van der Waals surface area (Å²) in [6.07, 6.45) is 7.08. The molecule has 2 aliphatic heterocycles. The first-order valence-corrected chi connectivity index (χ1v) is 9.05. The summed E-state index contributed by atoms with van der Waals surface area (Å²) in [7, 11) is 0. The second-order valence-electron chi connectivity index (χ2n) is 7.45. The van der Waals surface area contributed by atoms with Crippen LogP contribution in [0.3, 0.4) is 0 Å². The van der Waals surface area contributed by atoms with Gasteiger partial charge in [-0.3, -0.25) is 4.90 Å². The Hall–Kier alpha value is -0.160. The van der Waals surface area contributed by atoms with Crippen molar-refractivity contribution in [2.45, 2.75) is 44.2 Å². The molecule has 2 aliphatic carbocycles. The number of nitrogens with zero attached hydrogens (tertiary/aromatic N) is 1. The topological polar surface area (TPSA) is 33.7 Å². The summed E-state index contributed by atoms with van der Waals surface area (Å²) in [6.45, 7) is 7.07. The van der Waals surface area contributed by atoms with E-state index < -0.39 is 0 Å². The van der Waals surface area contributed by atoms with E-state index in [0.717, 1.165) is 69.9 Å². The standard InChI is InChI=1S/C17H30N2O2/c1-2-13(1)17(14-3-4-14)18-11-16(15-5-8-21-12-15)19-6-9-20-10-7-19/h13-18H,1-12H2/t15-,16-/m1/s1. The fraction of sp³-hybridized carbons (Fsp3) is 1.00. The fourth-order valence-corrected chi connectivity index (χ4v) is 4.24. The Bertz CT molecular complexity index is 320. The molecule has 4 aliphatic rings. The average Bonchev–Trinajstić information content (AvgIpc) is 3.46. The minimum atomic E-state index is 0.649. The van der Waals surface area contributed by atoms with E-state index in [-0.39, 0.29) is 0 Å². The molecule has 0 amide bonds. The van der Waals surface area contributed by atoms with E-state index in [1.54, 1.807) is 0 Å². The highest BCUT2D eigenvalue weighted by Crippen LogP contribution is 2.44. The Balaban J connectivity index is 1.36. The second-order valence-corrected chi connectivity index (χ2v) is 7.45. The maximum absolute atomic E-state index is 5.67. The molecule has 2 heterocycles. The van der Waals surface area contributed by atoms with E-state index in [1.165, 1.54) is 32.1 Å². The molecule has 2 saturated heterocycles. The molecule has 2 saturated carbocycles. The Morgan fingerprint density at radius 3 is 2.14 bits per heavy atom. The van der Waals surface area contributed by atoms with Crippen molar-refractivity contribution >= 4 is 0 Å². The van der Waals surface area contributed by atoms with Crippen LogP contribution in [-0.2, 0) is 9.47 Å². The lowest BCUT2D eigenvalue weighted by molar-refractivity contribution is 0.000467. The zero-order valence-corrected chi connectivity index (χ0v) is 13.1. The molecule has 1 N–H and O–H groups in total. The number of nitrogens with one attached hydrogen (secondary N) is 1. The highest BCUT2D eigenvalue weighted by atomic mass is 16.5. The minimum absolute atomic E-state index is 0.649. The summed E-state index contributed by atoms with van der Waals surface area (Å²) < 4.78 is 11.2. The Morgan fingerprint density at radius 1 is 0.857 bits per heavy atom. The van der Waals surface area contributed by atoms with Gasteiger partial charge >= 0.3 is 0 Å². The summed E-state index contributed by atoms with van der Waals surface area (Å²) in [5, 5.41) is 3.98. The molecule has 120 valence electrons. The molecule has 0 unspecified atom stereocenters. The van der Waals surface area contributed by atoms with Gasteiger partial charge < -0.3 is 14.8 Å². The summed E-state index contributed by atoms with van der Waals surface area (Å²) in [5.41, 5.74) is 0. The Labute approximate surface area is 128 Å². The van der Waals surface area contributed by atoms with E-state index in [1.807, 2.05) is 0 Å². The first-order valence-electron chi connectivity index (χ1n) is 9.05. The lowest BCUT2D eigenvalue weighted by atomic mass is 9.96. The maximum Gasteiger partial charge on any atom is 0.0594 e. The van der Waals surface area contributed by atoms with Crippen molar-refractivity contribution in [3.05, 3.63) is 0 Å². The predicted octanol–water partition coefficient (Wildman–Crippen LogP) is 1.50. The van der Waals surface area contributed by atoms with Crippen LogP contribution in [-0.4, -0.2) is 63.0 Å². The molecule has 0 spiro atoms. The summed E-state index contributed by atoms with van der Waals surface area (Å²) in [5.74, 6) is 2.69. The first-order chi connectivity index (χ1) is 10.4. The second kappa shape index (κ2) is 6.53. The van der Waals surface area contributed by atoms with Gasteiger partial charge in [-0.2, -0.15) is 0 Å². The third kappa shape index (κ3) is 3.61. The SMILES string of the molecule is C1CN([C@H](CNC(C2CC2)C2CC2)[C@@H]2CCOC2)CCO1. The van der Waals surface area contributed by atoms with E-state index in [0.29, 0.717) is 6.04 Å². The van der Waals surface area contributed by atoms with E-state index >= 15 is 0 Å². The predicted molar refractivity (Wildman–Crippen MR) is 82.3 cm³/mol. The fourth-order valence-electron chi connectivity index (χ4n) is 4.24. The van der Waals surface area contributed by atoms with Gasteiger partial charge in [-0.05, 0) is 43.9 Å². The van der Waals surface area contributed by atoms with Crippen LogP contribution >= 0.6 is 0 Å². The van der Waals surface area contributed by atoms with Crippen LogP contribution in [0.4, 0.5) is 0 Å². The van der Waals surface area contributed by atoms with Crippen LogP contribution in [0.25, 0.3) is 0 Å². The van der Waals surface area contributed by atoms with E-state index in [9.17, 15) is 0 Å². The van der Waals surface area contributed by atoms with Crippen LogP contribution in [0.2, 0.25) is 0 Å². The molecule has 0 radical (unpaired) electrons. The molecule has 4 fully saturated rings. The normalized spacial score (nSPS) is 32.7. The number of rotatable bonds is 7. The molecule has 0 aromatic rings. The minimum Gasteiger partial charge on any atom is -0.381 e. The Morgan fingerprint density at radius 2 is 1.57 bits per heavy atom. The van der Waals surface area contributed by atoms with E-state index in [2.05, 4.69) is 10.2 Å². The zero-order chi connectivity index (χ0) is 14.1. The van der Waals surface area contributed by atoms with Crippen LogP contribution in [0.15, 0.2) is 0 Å². The summed E-state index contributed by atoms with van der Waals surface area (Å²) in [4.78, 5) is 2.66. The third-order valence-corrected chi connectivity index (χ3v) is 5.85. The first kappa shape index (κ1) is 14.4. The highest BCUT2D eigenvalue weighted by Gasteiger charge is 2.42. The molecule has 4 heteroatoms. The molecule has 0 aromatic carbocycles. The largest absolute Gasteiger partial charge is 0.381 e. The van der Waals surface area contributed by atoms with Crippen molar-refractivity contribution in [2.24, 2.45) is 17.8 Å². The van der Waals surface area contributed by atoms with Gasteiger partial charge in [0.1, 0.15) is 0 Å². The number of morpholine rings is 1. The lowest BCUT2D eigenvalue weighted by Gasteiger charge is -2.38. The molecule has 4 rings (SSSR count). The number of hydrogen-bond acceptors (Lipinski definition) is 4. The summed E-state index contributed by atoms with van der Waals surface area (Å²) in [6, 6.07) is 1.47. The molecule has 0 bridgehead atoms. The lowest BCUT2D eigenvalue weighted by Crippen LogP contribution is -2.53. The van der Waals surface area contributed by atoms with Gasteiger partial charge in [0.05, 0.1) is 19.8 Å². The van der Waals surface area contributed by atoms with Crippen molar-refractivity contribution in [3.8, 4) is 0 Å². The number of ether oxygens (including phenoxy) is 2. The van der Waals surface area contributed by atoms with Gasteiger partial charge in [0, 0.05) is 44.2 Å². The molecule has 2 atom stereocenters. The quantitative estimate of drug-likeness (QED) is 0.771. The van der Waals surface area contributed by atoms with Crippen LogP contribution < -0.4 is 5.32 Å². The molecular formula is C17H30N2O2. The monoisotopic (exact) mass is 294 g/mol. The van der Waals surface area contributed by atoms with Gasteiger partial charge in [0.15, 0.2) is 0 Å². The maximum atomic E-state index is 5.67. The van der Waals surface area contributed by atoms with Crippen molar-refractivity contribution in [3.63, 3.8) is 0 Å². The van der Waals surface area contributed by atoms with Crippen molar-refractivity contribution in [1.29, 1.82) is 0 Å². The third-order valence-electron chi connectivity index (χ3n) is 5.85. The smallest absolute Gasteiger partial charge is 0.0594 e. The molecule has 21 heavy (non-hydrogen) atoms. The van der Waals surface area contributed by atoms with Crippen LogP contribution in [0.1, 0.15) is 32.1 Å². The van der Waals surface area contributed by atoms with Gasteiger partial charge in [0.2, 0.25) is 0 Å². The molecule has 0 aromatic heterocycles. The Kier molecular flexibility index (Phi) is 4.49. The van der Waals surface area contributed by atoms with Crippen LogP contribution in [0, 0.1) is 17.8 Å². The van der Waals surface area contributed by atoms with Crippen molar-refractivity contribution < 1.29 is 9.47 Å². The molecular weight excluding hydrogens is 264 g/mol. The zero-order valence-electron chi connectivity index (χ0n) is 13.1. The van der Waals surface area contributed by atoms with Gasteiger partial charge in [0.25, 0.3) is 0 Å². The highest BCUT2D eigenvalue weighted by molar-refractivity contribution is 4.97. The van der Waals surface area contributed by atoms with Crippen LogP contribution in [0.5, 0.6) is 0 Å². The van der Waals surface area contributed by atoms with Gasteiger partial charge in [-0.25, -0.2) is 0 Å². The number of hydrogen-bond donors (Lipinski definition) is 1. The van der Waals surface area contributed by atoms with Gasteiger partial charge in [-0.1, -0.05) is 0 Å². The summed E-state index contributed by atoms with van der Waals surface area (Å²) >= 11 is 0. The van der Waals surface area contributed by atoms with Gasteiger partial charge in [-0.15, -0.1) is 0 Å². The van der Waals surface area contributed by atoms with E-state index in [4.69, 9.17) is 9.47 Å². The van der Waals surface area contributed by atoms with Crippen molar-refractivity contribution in [2.75, 3.05) is 46.1 Å². The van der Waals surface area contributed by atoms with Crippen molar-refractivity contribution in [1.82, 2.24) is 10.2 Å². The molecule has 4 nitrogen and oxygen atoms in total. The average molecular weight is 294 g/mol.